The molecule has 110 valence electrons. The number of nitrogens with two attached hydrogens (primary N) is 1. The number of carbonyl (C=O) groups is 1. The average molecular weight is 279 g/mol. The molecule has 1 aromatic rings. The van der Waals surface area contributed by atoms with E-state index >= 15 is 0 Å². The van der Waals surface area contributed by atoms with Gasteiger partial charge in [-0.3, -0.25) is 9.36 Å². The summed E-state index contributed by atoms with van der Waals surface area (Å²) in [6.07, 6.45) is 3.29. The molecule has 0 spiro atoms. The number of nitrogens with zero attached hydrogens (tertiary/aromatic N) is 3. The summed E-state index contributed by atoms with van der Waals surface area (Å²) in [5.41, 5.74) is 5.23. The molecule has 2 fully saturated rings. The van der Waals surface area contributed by atoms with Gasteiger partial charge in [0.2, 0.25) is 5.91 Å². The minimum Gasteiger partial charge on any atom is -0.341 e. The van der Waals surface area contributed by atoms with Crippen LogP contribution in [0.15, 0.2) is 4.79 Å². The van der Waals surface area contributed by atoms with Crippen molar-refractivity contribution in [2.24, 2.45) is 5.73 Å². The first kappa shape index (κ1) is 13.4. The van der Waals surface area contributed by atoms with Gasteiger partial charge < -0.3 is 10.6 Å². The van der Waals surface area contributed by atoms with Crippen LogP contribution in [0.1, 0.15) is 44.3 Å². The fourth-order valence-electron chi connectivity index (χ4n) is 2.95. The van der Waals surface area contributed by atoms with Crippen LogP contribution >= 0.6 is 0 Å². The van der Waals surface area contributed by atoms with Crippen molar-refractivity contribution in [3.8, 4) is 0 Å². The fourth-order valence-corrected chi connectivity index (χ4v) is 2.95. The maximum absolute atomic E-state index is 12.2. The Labute approximate surface area is 117 Å². The molecule has 0 radical (unpaired) electrons. The van der Waals surface area contributed by atoms with E-state index in [4.69, 9.17) is 5.73 Å². The molecule has 3 rings (SSSR count). The van der Waals surface area contributed by atoms with E-state index in [-0.39, 0.29) is 17.5 Å². The molecule has 2 heterocycles. The van der Waals surface area contributed by atoms with Gasteiger partial charge in [0.15, 0.2) is 0 Å². The first-order valence-corrected chi connectivity index (χ1v) is 7.28. The zero-order valence-corrected chi connectivity index (χ0v) is 11.8. The van der Waals surface area contributed by atoms with E-state index in [2.05, 4.69) is 10.2 Å². The minimum absolute atomic E-state index is 0.0888. The Kier molecular flexibility index (Phi) is 3.16. The molecule has 2 aliphatic rings. The molecule has 3 N–H and O–H groups in total. The van der Waals surface area contributed by atoms with Crippen LogP contribution < -0.4 is 11.4 Å². The number of amides is 1. The molecule has 20 heavy (non-hydrogen) atoms. The van der Waals surface area contributed by atoms with Gasteiger partial charge in [0, 0.05) is 25.6 Å². The third kappa shape index (κ3) is 2.15. The predicted octanol–water partition coefficient (Wildman–Crippen LogP) is -0.211. The molecule has 0 unspecified atom stereocenters. The molecule has 7 heteroatoms. The van der Waals surface area contributed by atoms with Crippen LogP contribution in [0, 0.1) is 0 Å². The van der Waals surface area contributed by atoms with Crippen LogP contribution in [-0.2, 0) is 11.3 Å². The van der Waals surface area contributed by atoms with Gasteiger partial charge in [-0.15, -0.1) is 0 Å². The molecule has 1 saturated heterocycles. The van der Waals surface area contributed by atoms with Gasteiger partial charge in [-0.05, 0) is 32.6 Å². The number of likely N-dealkylation sites (tertiary alicyclic amines) is 1. The normalized spacial score (nSPS) is 22.0. The van der Waals surface area contributed by atoms with Gasteiger partial charge in [-0.1, -0.05) is 0 Å². The predicted molar refractivity (Wildman–Crippen MR) is 73.2 cm³/mol. The molecule has 1 aliphatic carbocycles. The third-order valence-electron chi connectivity index (χ3n) is 4.47. The number of hydrogen-bond donors (Lipinski definition) is 2. The number of piperidine rings is 1. The van der Waals surface area contributed by atoms with Crippen molar-refractivity contribution in [3.63, 3.8) is 0 Å². The van der Waals surface area contributed by atoms with Gasteiger partial charge in [0.05, 0.1) is 5.54 Å². The number of carbonyl (C=O) groups excluding carboxylic acids is 1. The maximum Gasteiger partial charge on any atom is 0.343 e. The van der Waals surface area contributed by atoms with E-state index in [1.54, 1.807) is 4.57 Å². The summed E-state index contributed by atoms with van der Waals surface area (Å²) in [6, 6.07) is 0. The van der Waals surface area contributed by atoms with E-state index in [9.17, 15) is 9.59 Å². The van der Waals surface area contributed by atoms with Gasteiger partial charge in [-0.2, -0.15) is 5.10 Å². The molecule has 0 bridgehead atoms. The lowest BCUT2D eigenvalue weighted by Gasteiger charge is -2.33. The quantitative estimate of drug-likeness (QED) is 0.800. The number of aromatic nitrogens is 3. The Balaban J connectivity index is 1.66. The minimum atomic E-state index is -0.579. The summed E-state index contributed by atoms with van der Waals surface area (Å²) in [5, 5.41) is 6.65. The van der Waals surface area contributed by atoms with Crippen LogP contribution in [0.25, 0.3) is 0 Å². The second-order valence-corrected chi connectivity index (χ2v) is 5.85. The molecule has 7 nitrogen and oxygen atoms in total. The summed E-state index contributed by atoms with van der Waals surface area (Å²) in [6.45, 7) is 3.96. The maximum atomic E-state index is 12.2. The highest BCUT2D eigenvalue weighted by Crippen LogP contribution is 2.36. The lowest BCUT2D eigenvalue weighted by molar-refractivity contribution is -0.134. The summed E-state index contributed by atoms with van der Waals surface area (Å²) in [4.78, 5) is 25.6. The van der Waals surface area contributed by atoms with Crippen molar-refractivity contribution in [2.75, 3.05) is 13.1 Å². The van der Waals surface area contributed by atoms with E-state index in [1.165, 1.54) is 0 Å². The summed E-state index contributed by atoms with van der Waals surface area (Å²) >= 11 is 0. The van der Waals surface area contributed by atoms with Crippen LogP contribution in [0.2, 0.25) is 0 Å². The third-order valence-corrected chi connectivity index (χ3v) is 4.47. The van der Waals surface area contributed by atoms with Crippen molar-refractivity contribution < 1.29 is 4.79 Å². The van der Waals surface area contributed by atoms with Gasteiger partial charge in [-0.25, -0.2) is 9.89 Å². The Morgan fingerprint density at radius 2 is 2.10 bits per heavy atom. The van der Waals surface area contributed by atoms with E-state index in [1.807, 2.05) is 11.8 Å². The van der Waals surface area contributed by atoms with E-state index in [0.717, 1.165) is 31.5 Å². The Morgan fingerprint density at radius 1 is 1.45 bits per heavy atom. The summed E-state index contributed by atoms with van der Waals surface area (Å²) in [5.74, 6) is 1.15. The highest BCUT2D eigenvalue weighted by atomic mass is 16.2. The number of aromatic amines is 1. The van der Waals surface area contributed by atoms with Gasteiger partial charge >= 0.3 is 5.69 Å². The molecule has 0 aromatic carbocycles. The number of H-pyrrole nitrogens is 1. The molecular formula is C13H21N5O2. The molecule has 1 saturated carbocycles. The lowest BCUT2D eigenvalue weighted by atomic mass is 9.95. The largest absolute Gasteiger partial charge is 0.343 e. The van der Waals surface area contributed by atoms with Crippen LogP contribution in [-0.4, -0.2) is 44.2 Å². The smallest absolute Gasteiger partial charge is 0.341 e. The average Bonchev–Trinajstić information content (AvgIpc) is 3.10. The number of rotatable bonds is 3. The topological polar surface area (TPSA) is 97.0 Å². The van der Waals surface area contributed by atoms with Gasteiger partial charge in [0.1, 0.15) is 5.82 Å². The molecular weight excluding hydrogens is 258 g/mol. The van der Waals surface area contributed by atoms with Crippen molar-refractivity contribution in [2.45, 2.75) is 50.6 Å². The van der Waals surface area contributed by atoms with Crippen molar-refractivity contribution >= 4 is 5.91 Å². The first-order chi connectivity index (χ1) is 9.55. The highest BCUT2D eigenvalue weighted by molar-refractivity contribution is 5.89. The van der Waals surface area contributed by atoms with Crippen molar-refractivity contribution in [3.05, 3.63) is 16.3 Å². The van der Waals surface area contributed by atoms with E-state index in [0.29, 0.717) is 19.6 Å². The summed E-state index contributed by atoms with van der Waals surface area (Å²) in [7, 11) is 0. The molecule has 0 atom stereocenters. The molecule has 1 amide bonds. The second kappa shape index (κ2) is 4.73. The first-order valence-electron chi connectivity index (χ1n) is 7.28. The standard InChI is InChI=1S/C13H21N5O2/c1-2-18-10(15-16-12(18)20)9-3-7-17(8-4-9)11(19)13(14)5-6-13/h9H,2-8,14H2,1H3,(H,16,20). The van der Waals surface area contributed by atoms with Crippen molar-refractivity contribution in [1.82, 2.24) is 19.7 Å². The van der Waals surface area contributed by atoms with Gasteiger partial charge in [0.25, 0.3) is 0 Å². The molecule has 1 aliphatic heterocycles. The van der Waals surface area contributed by atoms with Crippen LogP contribution in [0.4, 0.5) is 0 Å². The summed E-state index contributed by atoms with van der Waals surface area (Å²) < 4.78 is 1.67. The van der Waals surface area contributed by atoms with Crippen molar-refractivity contribution in [1.29, 1.82) is 0 Å². The number of hydrogen-bond acceptors (Lipinski definition) is 4. The molecule has 1 aromatic heterocycles. The second-order valence-electron chi connectivity index (χ2n) is 5.85. The number of nitrogens with one attached hydrogen (secondary N) is 1. The SMILES string of the molecule is CCn1c(C2CCN(C(=O)C3(N)CC3)CC2)n[nH]c1=O. The zero-order chi connectivity index (χ0) is 14.3. The van der Waals surface area contributed by atoms with E-state index < -0.39 is 5.54 Å². The highest BCUT2D eigenvalue weighted by Gasteiger charge is 2.48. The Bertz CT molecular complexity index is 564. The van der Waals surface area contributed by atoms with Crippen LogP contribution in [0.3, 0.4) is 0 Å². The fraction of sp³-hybridized carbons (Fsp3) is 0.769. The monoisotopic (exact) mass is 279 g/mol. The van der Waals surface area contributed by atoms with Crippen LogP contribution in [0.5, 0.6) is 0 Å². The lowest BCUT2D eigenvalue weighted by Crippen LogP contribution is -2.48. The Hall–Kier alpha value is -1.63. The zero-order valence-electron chi connectivity index (χ0n) is 11.8. The Morgan fingerprint density at radius 3 is 2.65 bits per heavy atom.